The summed E-state index contributed by atoms with van der Waals surface area (Å²) in [6.07, 6.45) is 5.50. The Balaban J connectivity index is 1.36. The van der Waals surface area contributed by atoms with E-state index in [4.69, 9.17) is 4.74 Å². The van der Waals surface area contributed by atoms with Crippen LogP contribution in [0.2, 0.25) is 0 Å². The largest absolute Gasteiger partial charge is 0.447 e. The third kappa shape index (κ3) is 2.43. The van der Waals surface area contributed by atoms with Gasteiger partial charge >= 0.3 is 6.09 Å². The number of ether oxygens (including phenoxy) is 1. The summed E-state index contributed by atoms with van der Waals surface area (Å²) < 4.78 is 5.09. The molecular formula is C20H24N2O3. The summed E-state index contributed by atoms with van der Waals surface area (Å²) in [7, 11) is 0. The summed E-state index contributed by atoms with van der Waals surface area (Å²) >= 11 is 0. The maximum absolute atomic E-state index is 13.0. The molecule has 2 heterocycles. The first kappa shape index (κ1) is 15.2. The lowest BCUT2D eigenvalue weighted by Crippen LogP contribution is -2.41. The second-order valence-corrected chi connectivity index (χ2v) is 7.97. The van der Waals surface area contributed by atoms with Crippen LogP contribution >= 0.6 is 0 Å². The van der Waals surface area contributed by atoms with Gasteiger partial charge < -0.3 is 9.64 Å². The quantitative estimate of drug-likeness (QED) is 0.832. The van der Waals surface area contributed by atoms with Crippen LogP contribution in [0.25, 0.3) is 0 Å². The van der Waals surface area contributed by atoms with Crippen LogP contribution in [0.1, 0.15) is 36.8 Å². The van der Waals surface area contributed by atoms with E-state index in [1.54, 1.807) is 4.90 Å². The molecule has 0 spiro atoms. The number of carbonyl (C=O) groups is 2. The molecule has 3 fully saturated rings. The van der Waals surface area contributed by atoms with Gasteiger partial charge in [-0.2, -0.15) is 0 Å². The van der Waals surface area contributed by atoms with Gasteiger partial charge in [0, 0.05) is 19.0 Å². The molecule has 4 aliphatic rings. The molecule has 1 aromatic rings. The molecule has 1 aromatic carbocycles. The van der Waals surface area contributed by atoms with E-state index in [9.17, 15) is 9.59 Å². The molecule has 2 aliphatic carbocycles. The predicted molar refractivity (Wildman–Crippen MR) is 93.2 cm³/mol. The fourth-order valence-electron chi connectivity index (χ4n) is 5.42. The monoisotopic (exact) mass is 340 g/mol. The van der Waals surface area contributed by atoms with Crippen LogP contribution in [0.5, 0.6) is 0 Å². The number of fused-ring (bicyclic) bond motifs is 3. The van der Waals surface area contributed by atoms with Crippen LogP contribution in [-0.4, -0.2) is 36.6 Å². The molecular weight excluding hydrogens is 316 g/mol. The van der Waals surface area contributed by atoms with Crippen molar-refractivity contribution >= 4 is 17.7 Å². The minimum absolute atomic E-state index is 0.256. The lowest BCUT2D eigenvalue weighted by molar-refractivity contribution is -0.138. The number of anilines is 1. The second kappa shape index (κ2) is 5.75. The van der Waals surface area contributed by atoms with Gasteiger partial charge in [0.15, 0.2) is 0 Å². The molecule has 0 aromatic heterocycles. The molecule has 5 heteroatoms. The zero-order valence-electron chi connectivity index (χ0n) is 14.4. The number of hydrogen-bond acceptors (Lipinski definition) is 3. The van der Waals surface area contributed by atoms with E-state index in [0.717, 1.165) is 31.0 Å². The number of benzene rings is 1. The zero-order chi connectivity index (χ0) is 17.0. The Hall–Kier alpha value is -2.04. The Kier molecular flexibility index (Phi) is 3.50. The maximum atomic E-state index is 13.0. The maximum Gasteiger partial charge on any atom is 0.414 e. The van der Waals surface area contributed by atoms with E-state index in [1.807, 2.05) is 12.1 Å². The number of carbonyl (C=O) groups excluding carboxylic acids is 2. The zero-order valence-corrected chi connectivity index (χ0v) is 14.4. The molecule has 2 amide bonds. The van der Waals surface area contributed by atoms with Crippen molar-refractivity contribution in [3.05, 3.63) is 29.3 Å². The highest BCUT2D eigenvalue weighted by atomic mass is 16.6. The van der Waals surface area contributed by atoms with Gasteiger partial charge in [0.25, 0.3) is 0 Å². The number of cyclic esters (lactones) is 1. The summed E-state index contributed by atoms with van der Waals surface area (Å²) in [5, 5.41) is 0. The fraction of sp³-hybridized carbons (Fsp3) is 0.600. The topological polar surface area (TPSA) is 49.9 Å². The molecule has 2 saturated carbocycles. The van der Waals surface area contributed by atoms with Crippen molar-refractivity contribution in [1.29, 1.82) is 0 Å². The first-order valence-corrected chi connectivity index (χ1v) is 9.54. The summed E-state index contributed by atoms with van der Waals surface area (Å²) in [6, 6.07) is 6.09. The summed E-state index contributed by atoms with van der Waals surface area (Å²) in [6.45, 7) is 2.51. The smallest absolute Gasteiger partial charge is 0.414 e. The van der Waals surface area contributed by atoms with Crippen molar-refractivity contribution in [2.45, 2.75) is 38.6 Å². The molecule has 132 valence electrons. The Bertz CT molecular complexity index is 732. The molecule has 0 N–H and O–H groups in total. The first-order valence-electron chi connectivity index (χ1n) is 9.54. The summed E-state index contributed by atoms with van der Waals surface area (Å²) in [5.74, 6) is 2.05. The summed E-state index contributed by atoms with van der Waals surface area (Å²) in [5.41, 5.74) is 3.35. The second-order valence-electron chi connectivity index (χ2n) is 7.97. The van der Waals surface area contributed by atoms with Crippen molar-refractivity contribution < 1.29 is 14.3 Å². The number of nitrogens with zero attached hydrogens (tertiary/aromatic N) is 2. The van der Waals surface area contributed by atoms with Gasteiger partial charge in [-0.15, -0.1) is 0 Å². The number of amides is 2. The third-order valence-electron chi connectivity index (χ3n) is 6.66. The van der Waals surface area contributed by atoms with Crippen molar-refractivity contribution in [2.24, 2.45) is 17.8 Å². The minimum Gasteiger partial charge on any atom is -0.447 e. The molecule has 5 nitrogen and oxygen atoms in total. The van der Waals surface area contributed by atoms with Crippen molar-refractivity contribution in [2.75, 3.05) is 24.6 Å². The molecule has 3 atom stereocenters. The van der Waals surface area contributed by atoms with Crippen LogP contribution in [0, 0.1) is 17.8 Å². The van der Waals surface area contributed by atoms with Crippen LogP contribution in [0.15, 0.2) is 18.2 Å². The number of hydrogen-bond donors (Lipinski definition) is 0. The van der Waals surface area contributed by atoms with E-state index in [1.165, 1.54) is 30.4 Å². The van der Waals surface area contributed by atoms with Crippen LogP contribution < -0.4 is 4.90 Å². The van der Waals surface area contributed by atoms with Gasteiger partial charge in [0.2, 0.25) is 5.91 Å². The number of rotatable bonds is 2. The van der Waals surface area contributed by atoms with E-state index < -0.39 is 0 Å². The van der Waals surface area contributed by atoms with E-state index >= 15 is 0 Å². The molecule has 0 unspecified atom stereocenters. The van der Waals surface area contributed by atoms with Gasteiger partial charge in [0.05, 0.1) is 12.2 Å². The average Bonchev–Trinajstić information content (AvgIpc) is 3.37. The Labute approximate surface area is 147 Å². The van der Waals surface area contributed by atoms with Gasteiger partial charge in [-0.05, 0) is 54.7 Å². The van der Waals surface area contributed by atoms with Gasteiger partial charge in [-0.3, -0.25) is 9.69 Å². The lowest BCUT2D eigenvalue weighted by Gasteiger charge is -2.34. The molecule has 5 rings (SSSR count). The highest BCUT2D eigenvalue weighted by Gasteiger charge is 2.44. The van der Waals surface area contributed by atoms with Crippen LogP contribution in [0.4, 0.5) is 10.5 Å². The van der Waals surface area contributed by atoms with Crippen LogP contribution in [0.3, 0.4) is 0 Å². The molecule has 2 bridgehead atoms. The van der Waals surface area contributed by atoms with E-state index in [2.05, 4.69) is 11.0 Å². The molecule has 25 heavy (non-hydrogen) atoms. The Morgan fingerprint density at radius 3 is 2.80 bits per heavy atom. The van der Waals surface area contributed by atoms with E-state index in [-0.39, 0.29) is 12.0 Å². The van der Waals surface area contributed by atoms with Crippen molar-refractivity contribution in [3.8, 4) is 0 Å². The lowest BCUT2D eigenvalue weighted by atomic mass is 9.87. The third-order valence-corrected chi connectivity index (χ3v) is 6.66. The van der Waals surface area contributed by atoms with Gasteiger partial charge in [0.1, 0.15) is 6.61 Å². The van der Waals surface area contributed by atoms with Crippen LogP contribution in [-0.2, 0) is 22.5 Å². The normalized spacial score (nSPS) is 30.6. The SMILES string of the molecule is O=C([C@@H]1C[C@H]2CC[C@H]1C2)N1CCc2c(cccc2N2CCOC2=O)C1. The van der Waals surface area contributed by atoms with Gasteiger partial charge in [-0.1, -0.05) is 18.6 Å². The molecule has 1 saturated heterocycles. The first-order chi connectivity index (χ1) is 12.2. The highest BCUT2D eigenvalue weighted by Crippen LogP contribution is 2.49. The minimum atomic E-state index is -0.256. The standard InChI is InChI=1S/C20H24N2O3/c23-19(17-11-13-4-5-14(17)10-13)21-7-6-16-15(12-21)2-1-3-18(16)22-8-9-25-20(22)24/h1-3,13-14,17H,4-12H2/t13-,14-,17+/m0/s1. The molecule has 0 radical (unpaired) electrons. The Morgan fingerprint density at radius 1 is 1.16 bits per heavy atom. The average molecular weight is 340 g/mol. The summed E-state index contributed by atoms with van der Waals surface area (Å²) in [4.78, 5) is 28.7. The Morgan fingerprint density at radius 2 is 2.08 bits per heavy atom. The molecule has 2 aliphatic heterocycles. The predicted octanol–water partition coefficient (Wildman–Crippen LogP) is 2.96. The van der Waals surface area contributed by atoms with Crippen molar-refractivity contribution in [1.82, 2.24) is 4.90 Å². The van der Waals surface area contributed by atoms with E-state index in [0.29, 0.717) is 31.5 Å². The van der Waals surface area contributed by atoms with Gasteiger partial charge in [-0.25, -0.2) is 4.79 Å². The highest BCUT2D eigenvalue weighted by molar-refractivity contribution is 5.90. The van der Waals surface area contributed by atoms with Crippen molar-refractivity contribution in [3.63, 3.8) is 0 Å². The fourth-order valence-corrected chi connectivity index (χ4v) is 5.42.